The predicted molar refractivity (Wildman–Crippen MR) is 126 cm³/mol. The maximum atomic E-state index is 14.0. The molecule has 0 spiro atoms. The molecule has 0 radical (unpaired) electrons. The van der Waals surface area contributed by atoms with Crippen molar-refractivity contribution < 1.29 is 22.4 Å². The van der Waals surface area contributed by atoms with Crippen molar-refractivity contribution in [1.82, 2.24) is 9.88 Å². The molecule has 4 rings (SSSR count). The summed E-state index contributed by atoms with van der Waals surface area (Å²) < 4.78 is 38.0. The number of halogens is 1. The molecule has 33 heavy (non-hydrogen) atoms. The fourth-order valence-corrected chi connectivity index (χ4v) is 5.30. The highest BCUT2D eigenvalue weighted by Crippen LogP contribution is 2.28. The number of hydrogen-bond donors (Lipinski definition) is 1. The topological polar surface area (TPSA) is 99.7 Å². The molecule has 11 heteroatoms. The first-order chi connectivity index (χ1) is 15.7. The van der Waals surface area contributed by atoms with Gasteiger partial charge >= 0.3 is 0 Å². The Balaban J connectivity index is 1.28. The molecule has 0 atom stereocenters. The highest BCUT2D eigenvalue weighted by atomic mass is 32.2. The first-order valence-electron chi connectivity index (χ1n) is 10.4. The second-order valence-corrected chi connectivity index (χ2v) is 10.8. The third-order valence-electron chi connectivity index (χ3n) is 5.43. The number of carbonyl (C=O) groups is 2. The molecule has 2 heterocycles. The van der Waals surface area contributed by atoms with Gasteiger partial charge in [-0.25, -0.2) is 17.8 Å². The molecule has 1 N–H and O–H groups in total. The zero-order valence-corrected chi connectivity index (χ0v) is 19.6. The molecule has 2 aromatic carbocycles. The number of hydrogen-bond acceptors (Lipinski definition) is 7. The zero-order chi connectivity index (χ0) is 23.6. The minimum atomic E-state index is -3.33. The molecular weight excluding hydrogens is 467 g/mol. The molecule has 0 aliphatic carbocycles. The van der Waals surface area contributed by atoms with Crippen LogP contribution in [0.5, 0.6) is 0 Å². The molecule has 3 aromatic rings. The van der Waals surface area contributed by atoms with Gasteiger partial charge in [0, 0.05) is 45.3 Å². The molecule has 1 fully saturated rings. The number of amides is 2. The van der Waals surface area contributed by atoms with Crippen molar-refractivity contribution in [3.05, 3.63) is 48.3 Å². The quantitative estimate of drug-likeness (QED) is 0.570. The number of carbonyl (C=O) groups excluding carboxylic acids is 2. The van der Waals surface area contributed by atoms with Crippen molar-refractivity contribution >= 4 is 54.0 Å². The number of nitrogens with one attached hydrogen (secondary N) is 1. The average Bonchev–Trinajstić information content (AvgIpc) is 3.19. The zero-order valence-electron chi connectivity index (χ0n) is 18.0. The summed E-state index contributed by atoms with van der Waals surface area (Å²) in [6.45, 7) is 1.99. The lowest BCUT2D eigenvalue weighted by Crippen LogP contribution is -2.49. The van der Waals surface area contributed by atoms with E-state index in [1.54, 1.807) is 29.2 Å². The van der Waals surface area contributed by atoms with Crippen molar-refractivity contribution in [2.45, 2.75) is 17.7 Å². The second kappa shape index (κ2) is 9.44. The fraction of sp³-hybridized carbons (Fsp3) is 0.318. The Kier molecular flexibility index (Phi) is 6.61. The molecule has 8 nitrogen and oxygen atoms in total. The number of anilines is 2. The van der Waals surface area contributed by atoms with Gasteiger partial charge in [-0.3, -0.25) is 9.59 Å². The van der Waals surface area contributed by atoms with E-state index in [-0.39, 0.29) is 35.4 Å². The molecule has 0 saturated carbocycles. The van der Waals surface area contributed by atoms with Gasteiger partial charge in [0.15, 0.2) is 15.0 Å². The Labute approximate surface area is 194 Å². The van der Waals surface area contributed by atoms with E-state index >= 15 is 0 Å². The molecule has 1 aliphatic rings. The summed E-state index contributed by atoms with van der Waals surface area (Å²) in [7, 11) is -3.33. The van der Waals surface area contributed by atoms with Crippen molar-refractivity contribution in [2.24, 2.45) is 0 Å². The molecule has 174 valence electrons. The van der Waals surface area contributed by atoms with Crippen LogP contribution in [0.1, 0.15) is 12.8 Å². The van der Waals surface area contributed by atoms with E-state index in [0.29, 0.717) is 47.2 Å². The average molecular weight is 491 g/mol. The van der Waals surface area contributed by atoms with Crippen LogP contribution in [0.3, 0.4) is 0 Å². The predicted octanol–water partition coefficient (Wildman–Crippen LogP) is 2.91. The minimum absolute atomic E-state index is 0.0108. The Morgan fingerprint density at radius 2 is 1.82 bits per heavy atom. The van der Waals surface area contributed by atoms with E-state index in [2.05, 4.69) is 10.3 Å². The van der Waals surface area contributed by atoms with Gasteiger partial charge in [0.05, 0.1) is 20.8 Å². The number of para-hydroxylation sites is 1. The lowest BCUT2D eigenvalue weighted by Gasteiger charge is -2.36. The molecule has 1 saturated heterocycles. The number of benzene rings is 2. The summed E-state index contributed by atoms with van der Waals surface area (Å²) in [5.41, 5.74) is 1.12. The van der Waals surface area contributed by atoms with E-state index in [9.17, 15) is 22.4 Å². The maximum Gasteiger partial charge on any atom is 0.226 e. The smallest absolute Gasteiger partial charge is 0.226 e. The normalized spacial score (nSPS) is 14.5. The van der Waals surface area contributed by atoms with Crippen LogP contribution in [0.2, 0.25) is 0 Å². The second-order valence-electron chi connectivity index (χ2n) is 7.79. The van der Waals surface area contributed by atoms with Crippen molar-refractivity contribution in [3.63, 3.8) is 0 Å². The summed E-state index contributed by atoms with van der Waals surface area (Å²) in [4.78, 5) is 32.9. The number of nitrogens with zero attached hydrogens (tertiary/aromatic N) is 3. The third-order valence-corrected chi connectivity index (χ3v) is 7.47. The lowest BCUT2D eigenvalue weighted by atomic mass is 10.2. The number of piperazine rings is 1. The van der Waals surface area contributed by atoms with E-state index in [1.165, 1.54) is 29.5 Å². The van der Waals surface area contributed by atoms with Gasteiger partial charge in [0.25, 0.3) is 0 Å². The maximum absolute atomic E-state index is 14.0. The summed E-state index contributed by atoms with van der Waals surface area (Å²) in [6.07, 6.45) is 1.21. The van der Waals surface area contributed by atoms with E-state index < -0.39 is 9.84 Å². The molecule has 2 amide bonds. The Bertz CT molecular complexity index is 1300. The number of thiazole rings is 1. The summed E-state index contributed by atoms with van der Waals surface area (Å²) >= 11 is 1.18. The molecule has 0 bridgehead atoms. The van der Waals surface area contributed by atoms with Crippen molar-refractivity contribution in [3.8, 4) is 0 Å². The number of rotatable bonds is 6. The van der Waals surface area contributed by atoms with Gasteiger partial charge < -0.3 is 15.1 Å². The van der Waals surface area contributed by atoms with Gasteiger partial charge in [0.2, 0.25) is 11.8 Å². The lowest BCUT2D eigenvalue weighted by molar-refractivity contribution is -0.133. The molecule has 1 aliphatic heterocycles. The van der Waals surface area contributed by atoms with Crippen molar-refractivity contribution in [2.75, 3.05) is 42.7 Å². The van der Waals surface area contributed by atoms with Gasteiger partial charge in [-0.05, 0) is 30.3 Å². The van der Waals surface area contributed by atoms with E-state index in [1.807, 2.05) is 4.90 Å². The number of sulfone groups is 1. The Hall–Kier alpha value is -3.05. The minimum Gasteiger partial charge on any atom is -0.366 e. The highest BCUT2D eigenvalue weighted by molar-refractivity contribution is 7.90. The monoisotopic (exact) mass is 490 g/mol. The van der Waals surface area contributed by atoms with Crippen LogP contribution in [0.4, 0.5) is 15.2 Å². The van der Waals surface area contributed by atoms with Crippen LogP contribution in [0, 0.1) is 5.82 Å². The molecular formula is C22H23FN4O4S2. The van der Waals surface area contributed by atoms with Crippen LogP contribution in [-0.2, 0) is 19.4 Å². The van der Waals surface area contributed by atoms with Crippen LogP contribution >= 0.6 is 11.3 Å². The van der Waals surface area contributed by atoms with Gasteiger partial charge in [-0.1, -0.05) is 23.5 Å². The van der Waals surface area contributed by atoms with Crippen molar-refractivity contribution in [1.29, 1.82) is 0 Å². The molecule has 0 unspecified atom stereocenters. The van der Waals surface area contributed by atoms with Crippen LogP contribution in [0.25, 0.3) is 10.2 Å². The fourth-order valence-electron chi connectivity index (χ4n) is 3.65. The van der Waals surface area contributed by atoms with E-state index in [4.69, 9.17) is 0 Å². The first kappa shape index (κ1) is 23.1. The van der Waals surface area contributed by atoms with Crippen LogP contribution in [-0.4, -0.2) is 62.6 Å². The van der Waals surface area contributed by atoms with Crippen LogP contribution < -0.4 is 10.2 Å². The number of aromatic nitrogens is 1. The molecule has 1 aromatic heterocycles. The third kappa shape index (κ3) is 5.48. The van der Waals surface area contributed by atoms with Gasteiger partial charge in [-0.15, -0.1) is 0 Å². The Morgan fingerprint density at radius 3 is 2.52 bits per heavy atom. The largest absolute Gasteiger partial charge is 0.366 e. The summed E-state index contributed by atoms with van der Waals surface area (Å²) in [5, 5.41) is 3.03. The Morgan fingerprint density at radius 1 is 1.09 bits per heavy atom. The summed E-state index contributed by atoms with van der Waals surface area (Å²) in [6, 6.07) is 11.2. The van der Waals surface area contributed by atoms with Gasteiger partial charge in [0.1, 0.15) is 5.82 Å². The summed E-state index contributed by atoms with van der Waals surface area (Å²) in [5.74, 6) is -0.743. The van der Waals surface area contributed by atoms with E-state index in [0.717, 1.165) is 6.26 Å². The van der Waals surface area contributed by atoms with Gasteiger partial charge in [-0.2, -0.15) is 0 Å². The highest BCUT2D eigenvalue weighted by Gasteiger charge is 2.23. The van der Waals surface area contributed by atoms with Crippen LogP contribution in [0.15, 0.2) is 47.4 Å². The number of fused-ring (bicyclic) bond motifs is 1. The SMILES string of the molecule is CS(=O)(=O)c1ccc2nc(NC(=O)CCC(=O)N3CCN(c4ccccc4F)CC3)sc2c1. The standard InChI is InChI=1S/C22H23FN4O4S2/c1-33(30,31)15-6-7-17-19(14-15)32-22(24-17)25-20(28)8-9-21(29)27-12-10-26(11-13-27)18-5-3-2-4-16(18)23/h2-7,14H,8-13H2,1H3,(H,24,25,28). The first-order valence-corrected chi connectivity index (χ1v) is 13.1.